The van der Waals surface area contributed by atoms with Crippen LogP contribution in [0.3, 0.4) is 0 Å². The highest BCUT2D eigenvalue weighted by Gasteiger charge is 2.19. The van der Waals surface area contributed by atoms with E-state index in [4.69, 9.17) is 10.7 Å². The van der Waals surface area contributed by atoms with Crippen LogP contribution in [0.1, 0.15) is 55.1 Å². The van der Waals surface area contributed by atoms with Crippen LogP contribution < -0.4 is 11.1 Å². The van der Waals surface area contributed by atoms with Crippen molar-refractivity contribution in [1.82, 2.24) is 15.0 Å². The van der Waals surface area contributed by atoms with Gasteiger partial charge in [0.05, 0.1) is 4.48 Å². The third-order valence-electron chi connectivity index (χ3n) is 4.33. The van der Waals surface area contributed by atoms with Crippen molar-refractivity contribution in [3.05, 3.63) is 53.9 Å². The van der Waals surface area contributed by atoms with Crippen molar-refractivity contribution >= 4 is 26.2 Å². The first-order valence-electron chi connectivity index (χ1n) is 8.36. The molecule has 126 valence electrons. The van der Waals surface area contributed by atoms with Crippen molar-refractivity contribution in [2.75, 3.05) is 5.32 Å². The first-order valence-corrected chi connectivity index (χ1v) is 9.15. The Bertz CT molecular complexity index is 696. The molecular weight excluding hydrogens is 366 g/mol. The number of nitrogens with zero attached hydrogens (tertiary/aromatic N) is 3. The second-order valence-electron chi connectivity index (χ2n) is 6.07. The second-order valence-corrected chi connectivity index (χ2v) is 6.92. The summed E-state index contributed by atoms with van der Waals surface area (Å²) in [5.41, 5.74) is 7.85. The molecule has 6 heteroatoms. The second kappa shape index (κ2) is 8.24. The van der Waals surface area contributed by atoms with Crippen molar-refractivity contribution in [3.63, 3.8) is 0 Å². The van der Waals surface area contributed by atoms with Crippen LogP contribution in [0, 0.1) is 0 Å². The van der Waals surface area contributed by atoms with E-state index >= 15 is 0 Å². The van der Waals surface area contributed by atoms with E-state index in [1.165, 1.54) is 38.3 Å². The van der Waals surface area contributed by atoms with Gasteiger partial charge in [-0.05, 0) is 40.4 Å². The Morgan fingerprint density at radius 3 is 2.83 bits per heavy atom. The topological polar surface area (TPSA) is 76.7 Å². The molecule has 1 aliphatic carbocycles. The standard InChI is InChI=1S/C18H22BrN5/c19-15(10-20)18-23-16(14-6-2-1-3-7-14)9-17(24-18)22-12-13-5-4-8-21-11-13/h4-5,8-11,14H,1-3,6-7,12,20H2,(H,22,23,24). The Balaban J connectivity index is 1.83. The zero-order chi connectivity index (χ0) is 16.8. The first kappa shape index (κ1) is 16.9. The van der Waals surface area contributed by atoms with Gasteiger partial charge in [0.2, 0.25) is 0 Å². The molecule has 3 rings (SSSR count). The highest BCUT2D eigenvalue weighted by atomic mass is 79.9. The predicted octanol–water partition coefficient (Wildman–Crippen LogP) is 4.18. The maximum absolute atomic E-state index is 5.63. The summed E-state index contributed by atoms with van der Waals surface area (Å²) < 4.78 is 0.713. The molecule has 24 heavy (non-hydrogen) atoms. The van der Waals surface area contributed by atoms with Crippen LogP contribution in [0.2, 0.25) is 0 Å². The first-order chi connectivity index (χ1) is 11.8. The number of hydrogen-bond acceptors (Lipinski definition) is 5. The van der Waals surface area contributed by atoms with Gasteiger partial charge < -0.3 is 11.1 Å². The minimum absolute atomic E-state index is 0.512. The van der Waals surface area contributed by atoms with Crippen molar-refractivity contribution in [2.24, 2.45) is 5.73 Å². The molecule has 2 aromatic heterocycles. The van der Waals surface area contributed by atoms with Crippen LogP contribution in [0.4, 0.5) is 5.82 Å². The molecule has 0 aromatic carbocycles. The van der Waals surface area contributed by atoms with Gasteiger partial charge in [-0.3, -0.25) is 4.98 Å². The minimum Gasteiger partial charge on any atom is -0.404 e. The third kappa shape index (κ3) is 4.32. The van der Waals surface area contributed by atoms with E-state index in [2.05, 4.69) is 37.3 Å². The largest absolute Gasteiger partial charge is 0.404 e. The van der Waals surface area contributed by atoms with Gasteiger partial charge in [0.25, 0.3) is 0 Å². The molecular formula is C18H22BrN5. The number of hydrogen-bond donors (Lipinski definition) is 2. The van der Waals surface area contributed by atoms with E-state index in [-0.39, 0.29) is 0 Å². The lowest BCUT2D eigenvalue weighted by molar-refractivity contribution is 0.436. The number of halogens is 1. The average Bonchev–Trinajstić information content (AvgIpc) is 2.67. The number of aromatic nitrogens is 3. The summed E-state index contributed by atoms with van der Waals surface area (Å²) >= 11 is 3.45. The number of nitrogens with two attached hydrogens (primary N) is 1. The van der Waals surface area contributed by atoms with Gasteiger partial charge in [0, 0.05) is 42.8 Å². The zero-order valence-electron chi connectivity index (χ0n) is 13.6. The van der Waals surface area contributed by atoms with Crippen LogP contribution in [-0.2, 0) is 6.54 Å². The lowest BCUT2D eigenvalue weighted by atomic mass is 9.87. The molecule has 0 aliphatic heterocycles. The van der Waals surface area contributed by atoms with E-state index in [9.17, 15) is 0 Å². The Hall–Kier alpha value is -1.95. The van der Waals surface area contributed by atoms with Gasteiger partial charge in [-0.25, -0.2) is 9.97 Å². The smallest absolute Gasteiger partial charge is 0.170 e. The lowest BCUT2D eigenvalue weighted by Crippen LogP contribution is -2.11. The Kier molecular flexibility index (Phi) is 5.80. The zero-order valence-corrected chi connectivity index (χ0v) is 15.2. The molecule has 3 N–H and O–H groups in total. The van der Waals surface area contributed by atoms with Crippen LogP contribution >= 0.6 is 15.9 Å². The molecule has 5 nitrogen and oxygen atoms in total. The molecule has 0 spiro atoms. The highest BCUT2D eigenvalue weighted by molar-refractivity contribution is 9.15. The normalized spacial score (nSPS) is 16.1. The maximum Gasteiger partial charge on any atom is 0.170 e. The third-order valence-corrected chi connectivity index (χ3v) is 4.94. The van der Waals surface area contributed by atoms with Crippen molar-refractivity contribution < 1.29 is 0 Å². The summed E-state index contributed by atoms with van der Waals surface area (Å²) in [4.78, 5) is 13.4. The van der Waals surface area contributed by atoms with Gasteiger partial charge in [0.1, 0.15) is 5.82 Å². The fourth-order valence-electron chi connectivity index (χ4n) is 3.04. The van der Waals surface area contributed by atoms with Crippen LogP contribution in [0.25, 0.3) is 4.48 Å². The average molecular weight is 388 g/mol. The van der Waals surface area contributed by atoms with Crippen molar-refractivity contribution in [3.8, 4) is 0 Å². The van der Waals surface area contributed by atoms with E-state index in [1.54, 1.807) is 6.20 Å². The predicted molar refractivity (Wildman–Crippen MR) is 101 cm³/mol. The summed E-state index contributed by atoms with van der Waals surface area (Å²) in [7, 11) is 0. The molecule has 0 bridgehead atoms. The quantitative estimate of drug-likeness (QED) is 0.804. The van der Waals surface area contributed by atoms with Gasteiger partial charge in [-0.15, -0.1) is 0 Å². The molecule has 0 saturated heterocycles. The molecule has 0 amide bonds. The summed E-state index contributed by atoms with van der Waals surface area (Å²) in [6.45, 7) is 0.679. The molecule has 1 saturated carbocycles. The fraction of sp³-hybridized carbons (Fsp3) is 0.389. The Labute approximate surface area is 150 Å². The number of anilines is 1. The molecule has 0 radical (unpaired) electrons. The van der Waals surface area contributed by atoms with Crippen LogP contribution in [0.5, 0.6) is 0 Å². The number of rotatable bonds is 5. The highest BCUT2D eigenvalue weighted by Crippen LogP contribution is 2.33. The summed E-state index contributed by atoms with van der Waals surface area (Å²) in [5.74, 6) is 1.97. The van der Waals surface area contributed by atoms with Crippen LogP contribution in [0.15, 0.2) is 36.8 Å². The summed E-state index contributed by atoms with van der Waals surface area (Å²) in [5, 5.41) is 3.38. The van der Waals surface area contributed by atoms with Crippen LogP contribution in [-0.4, -0.2) is 15.0 Å². The van der Waals surface area contributed by atoms with E-state index in [1.807, 2.05) is 18.3 Å². The minimum atomic E-state index is 0.512. The Morgan fingerprint density at radius 1 is 1.29 bits per heavy atom. The lowest BCUT2D eigenvalue weighted by Gasteiger charge is -2.22. The summed E-state index contributed by atoms with van der Waals surface area (Å²) in [6.07, 6.45) is 11.4. The van der Waals surface area contributed by atoms with Gasteiger partial charge >= 0.3 is 0 Å². The van der Waals surface area contributed by atoms with Gasteiger partial charge in [0.15, 0.2) is 5.82 Å². The molecule has 1 fully saturated rings. The SMILES string of the molecule is NC=C(Br)c1nc(NCc2cccnc2)cc(C2CCCCC2)n1. The molecule has 0 atom stereocenters. The molecule has 2 aromatic rings. The summed E-state index contributed by atoms with van der Waals surface area (Å²) in [6, 6.07) is 6.05. The van der Waals surface area contributed by atoms with E-state index in [0.717, 1.165) is 17.1 Å². The molecule has 1 aliphatic rings. The fourth-order valence-corrected chi connectivity index (χ4v) is 3.22. The van der Waals surface area contributed by atoms with Gasteiger partial charge in [-0.1, -0.05) is 25.3 Å². The van der Waals surface area contributed by atoms with E-state index in [0.29, 0.717) is 22.8 Å². The van der Waals surface area contributed by atoms with E-state index < -0.39 is 0 Å². The molecule has 0 unspecified atom stereocenters. The van der Waals surface area contributed by atoms with Crippen molar-refractivity contribution in [1.29, 1.82) is 0 Å². The van der Waals surface area contributed by atoms with Crippen molar-refractivity contribution in [2.45, 2.75) is 44.6 Å². The van der Waals surface area contributed by atoms with Gasteiger partial charge in [-0.2, -0.15) is 0 Å². The number of nitrogens with one attached hydrogen (secondary N) is 1. The maximum atomic E-state index is 5.63. The number of pyridine rings is 1. The Morgan fingerprint density at radius 2 is 2.12 bits per heavy atom. The monoisotopic (exact) mass is 387 g/mol. The molecule has 2 heterocycles.